The maximum Gasteiger partial charge on any atom is 0.0948 e. The largest absolute Gasteiger partial charge is 0.334 e. The highest BCUT2D eigenvalue weighted by Gasteiger charge is 1.91. The number of aromatic nitrogens is 2. The van der Waals surface area contributed by atoms with E-state index < -0.39 is 0 Å². The average Bonchev–Trinajstić information content (AvgIpc) is 2.85. The monoisotopic (exact) mass is 244 g/mol. The first-order chi connectivity index (χ1) is 8.38. The minimum Gasteiger partial charge on any atom is -0.334 e. The van der Waals surface area contributed by atoms with Gasteiger partial charge in [-0.3, -0.25) is 0 Å². The van der Waals surface area contributed by atoms with Gasteiger partial charge in [0, 0.05) is 23.8 Å². The maximum absolute atomic E-state index is 4.01. The van der Waals surface area contributed by atoms with Gasteiger partial charge < -0.3 is 4.57 Å². The molecule has 0 atom stereocenters. The van der Waals surface area contributed by atoms with Crippen LogP contribution in [0.1, 0.15) is 12.5 Å². The molecule has 3 heteroatoms. The molecule has 17 heavy (non-hydrogen) atoms. The molecule has 0 N–H and O–H groups in total. The highest BCUT2D eigenvalue weighted by atomic mass is 32.2. The summed E-state index contributed by atoms with van der Waals surface area (Å²) in [5, 5.41) is 0. The van der Waals surface area contributed by atoms with Crippen LogP contribution >= 0.6 is 11.8 Å². The molecule has 2 rings (SSSR count). The van der Waals surface area contributed by atoms with Crippen molar-refractivity contribution >= 4 is 17.8 Å². The van der Waals surface area contributed by atoms with Crippen molar-refractivity contribution in [1.29, 1.82) is 0 Å². The Labute approximate surface area is 106 Å². The van der Waals surface area contributed by atoms with Crippen LogP contribution in [-0.4, -0.2) is 15.3 Å². The minimum atomic E-state index is 0.867. The van der Waals surface area contributed by atoms with Gasteiger partial charge >= 0.3 is 0 Å². The van der Waals surface area contributed by atoms with Crippen LogP contribution in [-0.2, 0) is 6.54 Å². The molecule has 0 aliphatic rings. The molecule has 88 valence electrons. The zero-order valence-corrected chi connectivity index (χ0v) is 10.7. The zero-order chi connectivity index (χ0) is 11.9. The number of hydrogen-bond acceptors (Lipinski definition) is 2. The number of rotatable bonds is 5. The summed E-state index contributed by atoms with van der Waals surface area (Å²) in [5.74, 6) is 1.12. The topological polar surface area (TPSA) is 17.8 Å². The first-order valence-electron chi connectivity index (χ1n) is 5.73. The molecule has 0 bridgehead atoms. The van der Waals surface area contributed by atoms with Gasteiger partial charge in [-0.05, 0) is 23.4 Å². The predicted octanol–water partition coefficient (Wildman–Crippen LogP) is 3.71. The van der Waals surface area contributed by atoms with E-state index in [-0.39, 0.29) is 0 Å². The number of imidazole rings is 1. The van der Waals surface area contributed by atoms with Gasteiger partial charge in [0.15, 0.2) is 0 Å². The maximum atomic E-state index is 4.01. The molecule has 0 aliphatic carbocycles. The second-order valence-electron chi connectivity index (χ2n) is 3.66. The van der Waals surface area contributed by atoms with Crippen molar-refractivity contribution < 1.29 is 0 Å². The fourth-order valence-electron chi connectivity index (χ4n) is 1.55. The quantitative estimate of drug-likeness (QED) is 0.746. The van der Waals surface area contributed by atoms with Crippen molar-refractivity contribution in [1.82, 2.24) is 9.55 Å². The van der Waals surface area contributed by atoms with Gasteiger partial charge in [-0.15, -0.1) is 11.8 Å². The highest BCUT2D eigenvalue weighted by molar-refractivity contribution is 7.99. The lowest BCUT2D eigenvalue weighted by Gasteiger charge is -1.99. The van der Waals surface area contributed by atoms with Gasteiger partial charge in [0.1, 0.15) is 0 Å². The molecule has 0 fully saturated rings. The Morgan fingerprint density at radius 1 is 1.29 bits per heavy atom. The molecule has 0 saturated carbocycles. The van der Waals surface area contributed by atoms with Gasteiger partial charge in [-0.25, -0.2) is 4.98 Å². The third-order valence-electron chi connectivity index (χ3n) is 2.38. The lowest BCUT2D eigenvalue weighted by atomic mass is 10.2. The molecule has 0 unspecified atom stereocenters. The summed E-state index contributed by atoms with van der Waals surface area (Å²) in [6, 6.07) is 8.65. The van der Waals surface area contributed by atoms with E-state index in [1.165, 1.54) is 10.5 Å². The summed E-state index contributed by atoms with van der Waals surface area (Å²) in [4.78, 5) is 5.34. The van der Waals surface area contributed by atoms with E-state index >= 15 is 0 Å². The van der Waals surface area contributed by atoms with E-state index in [0.717, 1.165) is 12.3 Å². The Hall–Kier alpha value is -1.48. The molecule has 2 aromatic rings. The van der Waals surface area contributed by atoms with Gasteiger partial charge in [0.05, 0.1) is 6.33 Å². The van der Waals surface area contributed by atoms with Crippen molar-refractivity contribution in [2.45, 2.75) is 18.4 Å². The molecule has 0 spiro atoms. The Kier molecular flexibility index (Phi) is 4.45. The predicted molar refractivity (Wildman–Crippen MR) is 74.1 cm³/mol. The molecule has 0 aliphatic heterocycles. The summed E-state index contributed by atoms with van der Waals surface area (Å²) in [6.45, 7) is 3.04. The molecule has 0 saturated heterocycles. The zero-order valence-electron chi connectivity index (χ0n) is 9.91. The molecule has 1 aromatic heterocycles. The van der Waals surface area contributed by atoms with Crippen molar-refractivity contribution in [2.24, 2.45) is 0 Å². The first kappa shape index (κ1) is 12.0. The van der Waals surface area contributed by atoms with Crippen molar-refractivity contribution in [3.05, 3.63) is 54.6 Å². The Morgan fingerprint density at radius 3 is 2.76 bits per heavy atom. The third kappa shape index (κ3) is 3.79. The second kappa shape index (κ2) is 6.30. The van der Waals surface area contributed by atoms with E-state index in [4.69, 9.17) is 0 Å². The molecule has 1 aromatic carbocycles. The fourth-order valence-corrected chi connectivity index (χ4v) is 2.21. The lowest BCUT2D eigenvalue weighted by Crippen LogP contribution is -1.89. The van der Waals surface area contributed by atoms with Gasteiger partial charge in [0.25, 0.3) is 0 Å². The van der Waals surface area contributed by atoms with Crippen molar-refractivity contribution in [3.8, 4) is 0 Å². The lowest BCUT2D eigenvalue weighted by molar-refractivity contribution is 0.823. The van der Waals surface area contributed by atoms with Crippen LogP contribution in [0.3, 0.4) is 0 Å². The van der Waals surface area contributed by atoms with Crippen LogP contribution in [0.2, 0.25) is 0 Å². The SMILES string of the molecule is CCSc1ccc(C=CCn2ccnc2)cc1. The molecule has 1 heterocycles. The van der Waals surface area contributed by atoms with Crippen LogP contribution in [0.5, 0.6) is 0 Å². The number of nitrogens with zero attached hydrogens (tertiary/aromatic N) is 2. The molecular weight excluding hydrogens is 228 g/mol. The molecule has 2 nitrogen and oxygen atoms in total. The van der Waals surface area contributed by atoms with Crippen LogP contribution in [0.15, 0.2) is 54.0 Å². The number of thioether (sulfide) groups is 1. The summed E-state index contributed by atoms with van der Waals surface area (Å²) < 4.78 is 2.04. The third-order valence-corrected chi connectivity index (χ3v) is 3.27. The Balaban J connectivity index is 1.92. The summed E-state index contributed by atoms with van der Waals surface area (Å²) >= 11 is 1.87. The number of hydrogen-bond donors (Lipinski definition) is 0. The van der Waals surface area contributed by atoms with E-state index in [2.05, 4.69) is 48.3 Å². The molecular formula is C14H16N2S. The van der Waals surface area contributed by atoms with Crippen molar-refractivity contribution in [2.75, 3.05) is 5.75 Å². The van der Waals surface area contributed by atoms with Crippen LogP contribution in [0, 0.1) is 0 Å². The van der Waals surface area contributed by atoms with Crippen LogP contribution in [0.4, 0.5) is 0 Å². The van der Waals surface area contributed by atoms with Gasteiger partial charge in [-0.2, -0.15) is 0 Å². The first-order valence-corrected chi connectivity index (χ1v) is 6.72. The normalized spacial score (nSPS) is 11.1. The summed E-state index contributed by atoms with van der Waals surface area (Å²) in [7, 11) is 0. The number of benzene rings is 1. The van der Waals surface area contributed by atoms with Gasteiger partial charge in [0.2, 0.25) is 0 Å². The van der Waals surface area contributed by atoms with E-state index in [0.29, 0.717) is 0 Å². The van der Waals surface area contributed by atoms with Crippen LogP contribution < -0.4 is 0 Å². The van der Waals surface area contributed by atoms with Gasteiger partial charge in [-0.1, -0.05) is 31.2 Å². The fraction of sp³-hybridized carbons (Fsp3) is 0.214. The number of allylic oxidation sites excluding steroid dienone is 1. The molecule has 0 amide bonds. The Bertz CT molecular complexity index is 457. The second-order valence-corrected chi connectivity index (χ2v) is 5.00. The molecule has 0 radical (unpaired) electrons. The highest BCUT2D eigenvalue weighted by Crippen LogP contribution is 2.18. The van der Waals surface area contributed by atoms with Crippen molar-refractivity contribution in [3.63, 3.8) is 0 Å². The standard InChI is InChI=1S/C14H16N2S/c1-2-17-14-7-5-13(6-8-14)4-3-10-16-11-9-15-12-16/h3-9,11-12H,2,10H2,1H3. The summed E-state index contributed by atoms with van der Waals surface area (Å²) in [6.07, 6.45) is 9.87. The average molecular weight is 244 g/mol. The summed E-state index contributed by atoms with van der Waals surface area (Å²) in [5.41, 5.74) is 1.24. The van der Waals surface area contributed by atoms with E-state index in [1.807, 2.05) is 28.9 Å². The van der Waals surface area contributed by atoms with Crippen LogP contribution in [0.25, 0.3) is 6.08 Å². The smallest absolute Gasteiger partial charge is 0.0948 e. The van der Waals surface area contributed by atoms with E-state index in [1.54, 1.807) is 6.20 Å². The Morgan fingerprint density at radius 2 is 2.12 bits per heavy atom. The van der Waals surface area contributed by atoms with E-state index in [9.17, 15) is 0 Å². The minimum absolute atomic E-state index is 0.867.